The molecule has 0 aliphatic rings. The van der Waals surface area contributed by atoms with Gasteiger partial charge in [-0.15, -0.1) is 0 Å². The van der Waals surface area contributed by atoms with Crippen LogP contribution in [0.3, 0.4) is 0 Å². The Morgan fingerprint density at radius 2 is 2.04 bits per heavy atom. The maximum absolute atomic E-state index is 12.6. The van der Waals surface area contributed by atoms with Crippen LogP contribution in [0.1, 0.15) is 10.4 Å². The van der Waals surface area contributed by atoms with Crippen molar-refractivity contribution < 1.29 is 9.53 Å². The molecule has 0 radical (unpaired) electrons. The van der Waals surface area contributed by atoms with E-state index in [0.717, 1.165) is 10.8 Å². The molecular weight excluding hydrogens is 322 g/mol. The van der Waals surface area contributed by atoms with Gasteiger partial charge in [0.05, 0.1) is 12.8 Å². The smallest absolute Gasteiger partial charge is 0.255 e. The molecule has 1 N–H and O–H groups in total. The van der Waals surface area contributed by atoms with E-state index in [2.05, 4.69) is 10.3 Å². The van der Waals surface area contributed by atoms with Crippen molar-refractivity contribution >= 4 is 23.4 Å². The van der Waals surface area contributed by atoms with Gasteiger partial charge >= 0.3 is 0 Å². The molecule has 1 heterocycles. The number of carbonyl (C=O) groups excluding carboxylic acids is 1. The number of thioether (sulfide) groups is 1. The van der Waals surface area contributed by atoms with Crippen LogP contribution in [0.5, 0.6) is 5.75 Å². The number of nitrogens with zero attached hydrogens (tertiary/aromatic N) is 2. The van der Waals surface area contributed by atoms with Crippen molar-refractivity contribution in [2.24, 2.45) is 0 Å². The molecule has 0 aliphatic carbocycles. The number of para-hydroxylation sites is 2. The van der Waals surface area contributed by atoms with Gasteiger partial charge in [-0.1, -0.05) is 30.0 Å². The number of aromatic nitrogens is 2. The molecule has 3 aromatic rings. The van der Waals surface area contributed by atoms with E-state index in [4.69, 9.17) is 4.74 Å². The highest BCUT2D eigenvalue weighted by atomic mass is 32.2. The first-order valence-electron chi connectivity index (χ1n) is 7.35. The molecule has 6 heteroatoms. The fourth-order valence-corrected chi connectivity index (χ4v) is 2.91. The van der Waals surface area contributed by atoms with E-state index >= 15 is 0 Å². The van der Waals surface area contributed by atoms with E-state index < -0.39 is 0 Å². The Balaban J connectivity index is 1.87. The van der Waals surface area contributed by atoms with Crippen molar-refractivity contribution in [1.82, 2.24) is 9.55 Å². The standard InChI is InChI=1S/C18H17N3O2S/c1-23-16-9-4-3-8-15(16)20-17(22)13-6-5-7-14(12-13)21-11-10-19-18(21)24-2/h3-12H,1-2H3,(H,20,22). The van der Waals surface area contributed by atoms with Crippen LogP contribution in [-0.4, -0.2) is 28.8 Å². The van der Waals surface area contributed by atoms with E-state index in [1.807, 2.05) is 59.5 Å². The van der Waals surface area contributed by atoms with Gasteiger partial charge in [0.15, 0.2) is 5.16 Å². The number of rotatable bonds is 5. The zero-order chi connectivity index (χ0) is 16.9. The number of hydrogen-bond acceptors (Lipinski definition) is 4. The molecule has 0 aliphatic heterocycles. The molecule has 5 nitrogen and oxygen atoms in total. The average Bonchev–Trinajstić information content (AvgIpc) is 3.11. The largest absolute Gasteiger partial charge is 0.495 e. The Hall–Kier alpha value is -2.73. The van der Waals surface area contributed by atoms with Gasteiger partial charge in [0.2, 0.25) is 0 Å². The van der Waals surface area contributed by atoms with Gasteiger partial charge in [-0.3, -0.25) is 9.36 Å². The minimum atomic E-state index is -0.188. The summed E-state index contributed by atoms with van der Waals surface area (Å²) in [5.41, 5.74) is 2.10. The predicted octanol–water partition coefficient (Wildman–Crippen LogP) is 3.86. The van der Waals surface area contributed by atoms with Crippen molar-refractivity contribution in [3.63, 3.8) is 0 Å². The van der Waals surface area contributed by atoms with Gasteiger partial charge in [0, 0.05) is 23.6 Å². The third-order valence-corrected chi connectivity index (χ3v) is 4.20. The highest BCUT2D eigenvalue weighted by Crippen LogP contribution is 2.24. The highest BCUT2D eigenvalue weighted by Gasteiger charge is 2.11. The summed E-state index contributed by atoms with van der Waals surface area (Å²) in [6.45, 7) is 0. The lowest BCUT2D eigenvalue weighted by atomic mass is 10.1. The number of carbonyl (C=O) groups is 1. The lowest BCUT2D eigenvalue weighted by Gasteiger charge is -2.11. The molecule has 1 aromatic heterocycles. The van der Waals surface area contributed by atoms with E-state index in [1.54, 1.807) is 31.1 Å². The van der Waals surface area contributed by atoms with E-state index in [0.29, 0.717) is 17.0 Å². The molecule has 0 atom stereocenters. The second-order valence-corrected chi connectivity index (χ2v) is 5.76. The molecular formula is C18H17N3O2S. The second kappa shape index (κ2) is 7.23. The summed E-state index contributed by atoms with van der Waals surface area (Å²) in [6.07, 6.45) is 5.59. The normalized spacial score (nSPS) is 10.4. The molecule has 2 aromatic carbocycles. The van der Waals surface area contributed by atoms with Gasteiger partial charge < -0.3 is 10.1 Å². The van der Waals surface area contributed by atoms with Crippen LogP contribution in [0.2, 0.25) is 0 Å². The first-order valence-corrected chi connectivity index (χ1v) is 8.57. The summed E-state index contributed by atoms with van der Waals surface area (Å²) in [5.74, 6) is 0.438. The van der Waals surface area contributed by atoms with Gasteiger partial charge in [0.1, 0.15) is 5.75 Å². The third kappa shape index (κ3) is 3.28. The van der Waals surface area contributed by atoms with Crippen molar-refractivity contribution in [2.45, 2.75) is 5.16 Å². The van der Waals surface area contributed by atoms with Crippen molar-refractivity contribution in [3.8, 4) is 11.4 Å². The molecule has 0 saturated heterocycles. The predicted molar refractivity (Wildman–Crippen MR) is 96.3 cm³/mol. The number of amides is 1. The molecule has 0 unspecified atom stereocenters. The van der Waals surface area contributed by atoms with Gasteiger partial charge in [-0.25, -0.2) is 4.98 Å². The lowest BCUT2D eigenvalue weighted by Crippen LogP contribution is -2.13. The molecule has 3 rings (SSSR count). The first-order chi connectivity index (χ1) is 11.7. The molecule has 0 fully saturated rings. The van der Waals surface area contributed by atoms with Crippen LogP contribution < -0.4 is 10.1 Å². The summed E-state index contributed by atoms with van der Waals surface area (Å²) in [5, 5.41) is 3.76. The maximum Gasteiger partial charge on any atom is 0.255 e. The van der Waals surface area contributed by atoms with E-state index in [1.165, 1.54) is 0 Å². The van der Waals surface area contributed by atoms with Crippen molar-refractivity contribution in [2.75, 3.05) is 18.7 Å². The summed E-state index contributed by atoms with van der Waals surface area (Å²) in [6, 6.07) is 14.8. The van der Waals surface area contributed by atoms with Gasteiger partial charge in [-0.2, -0.15) is 0 Å². The van der Waals surface area contributed by atoms with Crippen LogP contribution in [0, 0.1) is 0 Å². The first kappa shape index (κ1) is 16.1. The Labute approximate surface area is 144 Å². The highest BCUT2D eigenvalue weighted by molar-refractivity contribution is 7.98. The van der Waals surface area contributed by atoms with Crippen molar-refractivity contribution in [1.29, 1.82) is 0 Å². The Bertz CT molecular complexity index is 861. The SMILES string of the molecule is COc1ccccc1NC(=O)c1cccc(-n2ccnc2SC)c1. The van der Waals surface area contributed by atoms with E-state index in [9.17, 15) is 4.79 Å². The Morgan fingerprint density at radius 1 is 1.21 bits per heavy atom. The number of anilines is 1. The fraction of sp³-hybridized carbons (Fsp3) is 0.111. The number of methoxy groups -OCH3 is 1. The van der Waals surface area contributed by atoms with Crippen LogP contribution >= 0.6 is 11.8 Å². The average molecular weight is 339 g/mol. The van der Waals surface area contributed by atoms with Crippen LogP contribution in [0.25, 0.3) is 5.69 Å². The van der Waals surface area contributed by atoms with E-state index in [-0.39, 0.29) is 5.91 Å². The summed E-state index contributed by atoms with van der Waals surface area (Å²) in [7, 11) is 1.58. The molecule has 24 heavy (non-hydrogen) atoms. The zero-order valence-electron chi connectivity index (χ0n) is 13.4. The number of hydrogen-bond donors (Lipinski definition) is 1. The lowest BCUT2D eigenvalue weighted by molar-refractivity contribution is 0.102. The number of benzene rings is 2. The van der Waals surface area contributed by atoms with Crippen LogP contribution in [-0.2, 0) is 0 Å². The number of nitrogens with one attached hydrogen (secondary N) is 1. The quantitative estimate of drug-likeness (QED) is 0.717. The monoisotopic (exact) mass is 339 g/mol. The van der Waals surface area contributed by atoms with Gasteiger partial charge in [0.25, 0.3) is 5.91 Å². The van der Waals surface area contributed by atoms with Crippen molar-refractivity contribution in [3.05, 3.63) is 66.5 Å². The zero-order valence-corrected chi connectivity index (χ0v) is 14.2. The third-order valence-electron chi connectivity index (χ3n) is 3.53. The summed E-state index contributed by atoms with van der Waals surface area (Å²) in [4.78, 5) is 16.8. The Kier molecular flexibility index (Phi) is 4.86. The molecule has 122 valence electrons. The number of ether oxygens (including phenoxy) is 1. The Morgan fingerprint density at radius 3 is 2.83 bits per heavy atom. The van der Waals surface area contributed by atoms with Crippen LogP contribution in [0.4, 0.5) is 5.69 Å². The second-order valence-electron chi connectivity index (χ2n) is 4.99. The maximum atomic E-state index is 12.6. The summed E-state index contributed by atoms with van der Waals surface area (Å²) >= 11 is 1.55. The summed E-state index contributed by atoms with van der Waals surface area (Å²) < 4.78 is 7.21. The molecule has 1 amide bonds. The minimum absolute atomic E-state index is 0.188. The molecule has 0 bridgehead atoms. The van der Waals surface area contributed by atoms with Crippen LogP contribution in [0.15, 0.2) is 66.1 Å². The topological polar surface area (TPSA) is 56.1 Å². The van der Waals surface area contributed by atoms with Gasteiger partial charge in [-0.05, 0) is 36.6 Å². The number of imidazole rings is 1. The fourth-order valence-electron chi connectivity index (χ4n) is 2.38. The molecule has 0 saturated carbocycles. The molecule has 0 spiro atoms. The minimum Gasteiger partial charge on any atom is -0.495 e.